The number of pyridine rings is 2. The lowest BCUT2D eigenvalue weighted by molar-refractivity contribution is -0.138. The number of likely N-dealkylation sites (tertiary alicyclic amines) is 1. The third-order valence-electron chi connectivity index (χ3n) is 7.10. The Balaban J connectivity index is 1.23. The van der Waals surface area contributed by atoms with Gasteiger partial charge in [-0.15, -0.1) is 11.6 Å². The van der Waals surface area contributed by atoms with Crippen LogP contribution in [0.1, 0.15) is 64.6 Å². The van der Waals surface area contributed by atoms with Crippen LogP contribution in [0.2, 0.25) is 0 Å². The molecule has 0 spiro atoms. The first-order valence-corrected chi connectivity index (χ1v) is 12.8. The average Bonchev–Trinajstić information content (AvgIpc) is 3.42. The van der Waals surface area contributed by atoms with Gasteiger partial charge in [0.25, 0.3) is 5.56 Å². The molecule has 1 N–H and O–H groups in total. The van der Waals surface area contributed by atoms with Gasteiger partial charge in [-0.1, -0.05) is 11.2 Å². The van der Waals surface area contributed by atoms with Crippen LogP contribution >= 0.6 is 11.6 Å². The van der Waals surface area contributed by atoms with E-state index in [4.69, 9.17) is 16.4 Å². The molecule has 210 valence electrons. The fourth-order valence-corrected chi connectivity index (χ4v) is 5.24. The number of carbonyl (C=O) groups excluding carboxylic acids is 1. The van der Waals surface area contributed by atoms with E-state index in [-0.39, 0.29) is 31.0 Å². The number of rotatable bonds is 5. The summed E-state index contributed by atoms with van der Waals surface area (Å²) in [5.74, 6) is -2.06. The van der Waals surface area contributed by atoms with Gasteiger partial charge in [0, 0.05) is 37.5 Å². The van der Waals surface area contributed by atoms with E-state index in [1.54, 1.807) is 6.20 Å². The zero-order valence-corrected chi connectivity index (χ0v) is 21.5. The summed E-state index contributed by atoms with van der Waals surface area (Å²) in [5.41, 5.74) is -0.764. The molecular weight excluding hydrogens is 559 g/mol. The zero-order chi connectivity index (χ0) is 28.6. The minimum Gasteiger partial charge on any atom is -0.387 e. The molecule has 0 saturated carbocycles. The topological polar surface area (TPSA) is 87.7 Å². The fraction of sp³-hybridized carbons (Fsp3) is 0.333. The van der Waals surface area contributed by atoms with E-state index >= 15 is 0 Å². The van der Waals surface area contributed by atoms with E-state index in [0.717, 1.165) is 17.7 Å². The number of aromatic amines is 1. The summed E-state index contributed by atoms with van der Waals surface area (Å²) in [6.07, 6.45) is -2.29. The first-order valence-electron chi connectivity index (χ1n) is 12.4. The highest BCUT2D eigenvalue weighted by atomic mass is 35.5. The molecule has 7 nitrogen and oxygen atoms in total. The number of piperidine rings is 1. The quantitative estimate of drug-likeness (QED) is 0.314. The van der Waals surface area contributed by atoms with E-state index in [1.807, 2.05) is 17.1 Å². The van der Waals surface area contributed by atoms with Crippen molar-refractivity contribution in [3.63, 3.8) is 0 Å². The second-order valence-corrected chi connectivity index (χ2v) is 10.0. The normalized spacial score (nSPS) is 18.8. The highest BCUT2D eigenvalue weighted by molar-refractivity contribution is 6.30. The van der Waals surface area contributed by atoms with Crippen molar-refractivity contribution in [3.05, 3.63) is 98.7 Å². The number of halogens is 6. The number of aromatic nitrogens is 2. The number of oxime groups is 1. The maximum atomic E-state index is 14.2. The molecule has 2 atom stereocenters. The van der Waals surface area contributed by atoms with Crippen LogP contribution < -0.4 is 5.56 Å². The van der Waals surface area contributed by atoms with Crippen molar-refractivity contribution in [1.82, 2.24) is 14.9 Å². The lowest BCUT2D eigenvalue weighted by atomic mass is 9.89. The van der Waals surface area contributed by atoms with Crippen LogP contribution in [0, 0.1) is 11.6 Å². The monoisotopic (exact) mass is 580 g/mol. The number of carbonyl (C=O) groups is 1. The predicted molar refractivity (Wildman–Crippen MR) is 135 cm³/mol. The van der Waals surface area contributed by atoms with Crippen LogP contribution in [-0.4, -0.2) is 39.6 Å². The number of amides is 1. The summed E-state index contributed by atoms with van der Waals surface area (Å²) >= 11 is 6.18. The Labute approximate surface area is 229 Å². The molecule has 2 aliphatic rings. The van der Waals surface area contributed by atoms with Crippen molar-refractivity contribution >= 4 is 23.2 Å². The number of hydrogen-bond acceptors (Lipinski definition) is 5. The molecule has 4 heterocycles. The summed E-state index contributed by atoms with van der Waals surface area (Å²) < 4.78 is 67.6. The second kappa shape index (κ2) is 11.0. The van der Waals surface area contributed by atoms with Gasteiger partial charge in [-0.25, -0.2) is 8.78 Å². The Morgan fingerprint density at radius 3 is 2.50 bits per heavy atom. The molecule has 0 radical (unpaired) electrons. The molecule has 0 bridgehead atoms. The standard InChI is InChI=1S/C27H22ClF5N4O3/c28-24(17-11-16(27(31,32)33)13-35-25(17)38)26(39)37-8-5-14(6-9-37)15-4-7-34-20(10-15)21-12-22(40-36-21)23-18(29)2-1-3-19(23)30/h1-4,7,10-11,13-14,22,24H,5-6,8-9,12H2,(H,35,38)/t22-,24?/m1/s1. The lowest BCUT2D eigenvalue weighted by Gasteiger charge is -2.33. The summed E-state index contributed by atoms with van der Waals surface area (Å²) in [4.78, 5) is 38.1. The predicted octanol–water partition coefficient (Wildman–Crippen LogP) is 5.62. The van der Waals surface area contributed by atoms with Gasteiger partial charge in [0.15, 0.2) is 6.10 Å². The van der Waals surface area contributed by atoms with Crippen molar-refractivity contribution in [2.75, 3.05) is 13.1 Å². The van der Waals surface area contributed by atoms with Gasteiger partial charge in [0.1, 0.15) is 22.7 Å². The van der Waals surface area contributed by atoms with Crippen LogP contribution in [-0.2, 0) is 15.8 Å². The minimum atomic E-state index is -4.70. The van der Waals surface area contributed by atoms with Crippen molar-refractivity contribution in [2.24, 2.45) is 5.16 Å². The molecule has 1 fully saturated rings. The number of hydrogen-bond donors (Lipinski definition) is 1. The van der Waals surface area contributed by atoms with Gasteiger partial charge >= 0.3 is 6.18 Å². The average molecular weight is 581 g/mol. The Bertz CT molecular complexity index is 1500. The summed E-state index contributed by atoms with van der Waals surface area (Å²) in [6, 6.07) is 7.81. The molecule has 13 heteroatoms. The molecule has 0 aliphatic carbocycles. The van der Waals surface area contributed by atoms with Crippen LogP contribution in [0.4, 0.5) is 22.0 Å². The molecule has 3 aromatic rings. The maximum absolute atomic E-state index is 14.2. The number of H-pyrrole nitrogens is 1. The molecule has 1 unspecified atom stereocenters. The molecule has 2 aliphatic heterocycles. The van der Waals surface area contributed by atoms with Crippen LogP contribution in [0.3, 0.4) is 0 Å². The number of nitrogens with one attached hydrogen (secondary N) is 1. The SMILES string of the molecule is O=C(C(Cl)c1cc(C(F)(F)F)c[nH]c1=O)N1CCC(c2ccnc(C3=NO[C@@H](c4c(F)cccc4F)C3)c2)CC1. The highest BCUT2D eigenvalue weighted by Gasteiger charge is 2.35. The minimum absolute atomic E-state index is 0.0271. The van der Waals surface area contributed by atoms with Crippen molar-refractivity contribution in [2.45, 2.75) is 42.8 Å². The summed E-state index contributed by atoms with van der Waals surface area (Å²) in [7, 11) is 0. The van der Waals surface area contributed by atoms with Gasteiger partial charge in [-0.3, -0.25) is 14.6 Å². The van der Waals surface area contributed by atoms with Crippen LogP contribution in [0.15, 0.2) is 58.7 Å². The Morgan fingerprint density at radius 2 is 1.82 bits per heavy atom. The lowest BCUT2D eigenvalue weighted by Crippen LogP contribution is -2.40. The van der Waals surface area contributed by atoms with Gasteiger partial charge in [0.2, 0.25) is 5.91 Å². The largest absolute Gasteiger partial charge is 0.417 e. The molecular formula is C27H22ClF5N4O3. The Hall–Kier alpha value is -3.80. The van der Waals surface area contributed by atoms with Crippen molar-refractivity contribution < 1.29 is 31.6 Å². The van der Waals surface area contributed by atoms with Gasteiger partial charge in [-0.2, -0.15) is 13.2 Å². The number of alkyl halides is 4. The molecule has 1 amide bonds. The van der Waals surface area contributed by atoms with E-state index in [2.05, 4.69) is 10.1 Å². The van der Waals surface area contributed by atoms with E-state index in [0.29, 0.717) is 36.5 Å². The van der Waals surface area contributed by atoms with E-state index in [9.17, 15) is 31.5 Å². The summed E-state index contributed by atoms with van der Waals surface area (Å²) in [5, 5.41) is 2.43. The highest BCUT2D eigenvalue weighted by Crippen LogP contribution is 2.35. The third kappa shape index (κ3) is 5.58. The zero-order valence-electron chi connectivity index (χ0n) is 20.7. The fourth-order valence-electron chi connectivity index (χ4n) is 4.94. The molecule has 1 saturated heterocycles. The number of nitrogens with zero attached hydrogens (tertiary/aromatic N) is 3. The smallest absolute Gasteiger partial charge is 0.387 e. The van der Waals surface area contributed by atoms with E-state index < -0.39 is 51.9 Å². The molecule has 40 heavy (non-hydrogen) atoms. The maximum Gasteiger partial charge on any atom is 0.417 e. The Kier molecular flexibility index (Phi) is 7.63. The van der Waals surface area contributed by atoms with E-state index in [1.165, 1.54) is 11.0 Å². The van der Waals surface area contributed by atoms with Gasteiger partial charge in [0.05, 0.1) is 16.8 Å². The molecule has 5 rings (SSSR count). The molecule has 1 aromatic carbocycles. The van der Waals surface area contributed by atoms with Crippen molar-refractivity contribution in [1.29, 1.82) is 0 Å². The van der Waals surface area contributed by atoms with Gasteiger partial charge < -0.3 is 14.7 Å². The Morgan fingerprint density at radius 1 is 1.12 bits per heavy atom. The number of benzene rings is 1. The van der Waals surface area contributed by atoms with Crippen LogP contribution in [0.25, 0.3) is 0 Å². The first-order chi connectivity index (χ1) is 19.0. The first kappa shape index (κ1) is 27.8. The summed E-state index contributed by atoms with van der Waals surface area (Å²) in [6.45, 7) is 0.555. The van der Waals surface area contributed by atoms with Crippen LogP contribution in [0.5, 0.6) is 0 Å². The van der Waals surface area contributed by atoms with Crippen molar-refractivity contribution in [3.8, 4) is 0 Å². The van der Waals surface area contributed by atoms with Gasteiger partial charge in [-0.05, 0) is 54.7 Å². The molecule has 2 aromatic heterocycles. The third-order valence-corrected chi connectivity index (χ3v) is 7.52. The second-order valence-electron chi connectivity index (χ2n) is 9.58.